The van der Waals surface area contributed by atoms with Crippen molar-refractivity contribution in [2.24, 2.45) is 0 Å². The summed E-state index contributed by atoms with van der Waals surface area (Å²) in [6.07, 6.45) is 1.73. The van der Waals surface area contributed by atoms with E-state index in [0.717, 1.165) is 16.7 Å². The Morgan fingerprint density at radius 3 is 2.68 bits per heavy atom. The molecule has 5 heteroatoms. The highest BCUT2D eigenvalue weighted by Gasteiger charge is 2.26. The van der Waals surface area contributed by atoms with Gasteiger partial charge in [-0.05, 0) is 46.8 Å². The molecule has 2 aromatic heterocycles. The van der Waals surface area contributed by atoms with Gasteiger partial charge in [-0.3, -0.25) is 0 Å². The van der Waals surface area contributed by atoms with Gasteiger partial charge in [0, 0.05) is 24.4 Å². The van der Waals surface area contributed by atoms with Crippen molar-refractivity contribution >= 4 is 17.0 Å². The molecular weight excluding hydrogens is 280 g/mol. The third kappa shape index (κ3) is 3.14. The quantitative estimate of drug-likeness (QED) is 0.811. The summed E-state index contributed by atoms with van der Waals surface area (Å²) in [5, 5.41) is 0.817. The van der Waals surface area contributed by atoms with E-state index < -0.39 is 5.60 Å². The summed E-state index contributed by atoms with van der Waals surface area (Å²) in [5.41, 5.74) is 1.69. The molecule has 2 heterocycles. The molecule has 0 saturated carbocycles. The van der Waals surface area contributed by atoms with Crippen LogP contribution < -0.4 is 0 Å². The van der Waals surface area contributed by atoms with E-state index in [4.69, 9.17) is 9.47 Å². The molecule has 1 unspecified atom stereocenters. The van der Waals surface area contributed by atoms with E-state index in [2.05, 4.69) is 4.98 Å². The first-order chi connectivity index (χ1) is 10.3. The maximum Gasteiger partial charge on any atom is 0.341 e. The summed E-state index contributed by atoms with van der Waals surface area (Å²) in [4.78, 5) is 17.0. The first-order valence-electron chi connectivity index (χ1n) is 7.44. The lowest BCUT2D eigenvalue weighted by Gasteiger charge is -2.20. The van der Waals surface area contributed by atoms with Crippen LogP contribution in [0.25, 0.3) is 11.0 Å². The Kier molecular flexibility index (Phi) is 4.56. The molecule has 0 spiro atoms. The number of aromatic nitrogens is 2. The summed E-state index contributed by atoms with van der Waals surface area (Å²) < 4.78 is 12.8. The number of pyridine rings is 1. The zero-order valence-electron chi connectivity index (χ0n) is 14.1. The molecule has 0 bridgehead atoms. The molecule has 0 radical (unpaired) electrons. The number of methoxy groups -OCH3 is 1. The predicted octanol–water partition coefficient (Wildman–Crippen LogP) is 3.51. The van der Waals surface area contributed by atoms with Crippen LogP contribution in [0.3, 0.4) is 0 Å². The second-order valence-electron chi connectivity index (χ2n) is 6.51. The van der Waals surface area contributed by atoms with E-state index >= 15 is 0 Å². The lowest BCUT2D eigenvalue weighted by Crippen LogP contribution is -2.24. The van der Waals surface area contributed by atoms with E-state index in [0.29, 0.717) is 12.2 Å². The fraction of sp³-hybridized carbons (Fsp3) is 0.529. The Morgan fingerprint density at radius 2 is 2.09 bits per heavy atom. The smallest absolute Gasteiger partial charge is 0.341 e. The van der Waals surface area contributed by atoms with Crippen LogP contribution in [0, 0.1) is 6.92 Å². The minimum Gasteiger partial charge on any atom is -0.456 e. The molecular formula is C17H24N2O3. The second-order valence-corrected chi connectivity index (χ2v) is 6.51. The molecule has 0 aliphatic carbocycles. The highest BCUT2D eigenvalue weighted by molar-refractivity contribution is 6.05. The summed E-state index contributed by atoms with van der Waals surface area (Å²) in [5.74, 6) is -0.314. The Hall–Kier alpha value is -1.88. The SMILES string of the molecule is COCC(C)n1c(C)c(C(=O)OC(C)(C)C)c2cccnc21. The molecule has 120 valence electrons. The maximum atomic E-state index is 12.6. The number of ether oxygens (including phenoxy) is 2. The van der Waals surface area contributed by atoms with Crippen molar-refractivity contribution in [1.29, 1.82) is 0 Å². The molecule has 0 aliphatic rings. The first kappa shape index (κ1) is 16.5. The third-order valence-electron chi connectivity index (χ3n) is 3.46. The average Bonchev–Trinajstić information content (AvgIpc) is 2.69. The topological polar surface area (TPSA) is 53.4 Å². The van der Waals surface area contributed by atoms with Crippen molar-refractivity contribution in [3.05, 3.63) is 29.6 Å². The molecule has 0 aliphatic heterocycles. The molecule has 1 atom stereocenters. The number of hydrogen-bond acceptors (Lipinski definition) is 4. The van der Waals surface area contributed by atoms with Crippen LogP contribution in [0.1, 0.15) is 49.8 Å². The highest BCUT2D eigenvalue weighted by atomic mass is 16.6. The van der Waals surface area contributed by atoms with Crippen LogP contribution in [0.2, 0.25) is 0 Å². The molecule has 2 aromatic rings. The monoisotopic (exact) mass is 304 g/mol. The van der Waals surface area contributed by atoms with Crippen LogP contribution in [-0.2, 0) is 9.47 Å². The van der Waals surface area contributed by atoms with Gasteiger partial charge in [-0.25, -0.2) is 9.78 Å². The molecule has 22 heavy (non-hydrogen) atoms. The lowest BCUT2D eigenvalue weighted by molar-refractivity contribution is 0.00705. The van der Waals surface area contributed by atoms with Crippen LogP contribution in [0.4, 0.5) is 0 Å². The fourth-order valence-corrected chi connectivity index (χ4v) is 2.70. The van der Waals surface area contributed by atoms with E-state index in [1.54, 1.807) is 13.3 Å². The number of carbonyl (C=O) groups excluding carboxylic acids is 1. The number of hydrogen-bond donors (Lipinski definition) is 0. The van der Waals surface area contributed by atoms with Gasteiger partial charge in [0.05, 0.1) is 18.2 Å². The molecule has 0 amide bonds. The van der Waals surface area contributed by atoms with Crippen LogP contribution in [0.5, 0.6) is 0 Å². The van der Waals surface area contributed by atoms with E-state index in [1.165, 1.54) is 0 Å². The van der Waals surface area contributed by atoms with Crippen molar-refractivity contribution in [3.63, 3.8) is 0 Å². The van der Waals surface area contributed by atoms with Gasteiger partial charge in [0.1, 0.15) is 11.2 Å². The average molecular weight is 304 g/mol. The van der Waals surface area contributed by atoms with Crippen molar-refractivity contribution in [2.45, 2.75) is 46.3 Å². The zero-order chi connectivity index (χ0) is 16.5. The summed E-state index contributed by atoms with van der Waals surface area (Å²) in [6.45, 7) is 10.1. The Bertz CT molecular complexity index is 683. The zero-order valence-corrected chi connectivity index (χ0v) is 14.1. The van der Waals surface area contributed by atoms with Gasteiger partial charge in [-0.15, -0.1) is 0 Å². The van der Waals surface area contributed by atoms with Gasteiger partial charge in [-0.1, -0.05) is 0 Å². The molecule has 5 nitrogen and oxygen atoms in total. The standard InChI is InChI=1S/C17H24N2O3/c1-11(10-21-6)19-12(2)14(16(20)22-17(3,4)5)13-8-7-9-18-15(13)19/h7-9,11H,10H2,1-6H3. The van der Waals surface area contributed by atoms with Gasteiger partial charge in [-0.2, -0.15) is 0 Å². The van der Waals surface area contributed by atoms with Gasteiger partial charge in [0.25, 0.3) is 0 Å². The number of fused-ring (bicyclic) bond motifs is 1. The molecule has 0 aromatic carbocycles. The van der Waals surface area contributed by atoms with Crippen LogP contribution >= 0.6 is 0 Å². The summed E-state index contributed by atoms with van der Waals surface area (Å²) >= 11 is 0. The number of carbonyl (C=O) groups is 1. The maximum absolute atomic E-state index is 12.6. The van der Waals surface area contributed by atoms with Crippen molar-refractivity contribution in [2.75, 3.05) is 13.7 Å². The van der Waals surface area contributed by atoms with Crippen LogP contribution in [0.15, 0.2) is 18.3 Å². The van der Waals surface area contributed by atoms with Gasteiger partial charge < -0.3 is 14.0 Å². The first-order valence-corrected chi connectivity index (χ1v) is 7.44. The lowest BCUT2D eigenvalue weighted by atomic mass is 10.1. The minimum absolute atomic E-state index is 0.0820. The third-order valence-corrected chi connectivity index (χ3v) is 3.46. The second kappa shape index (κ2) is 6.08. The summed E-state index contributed by atoms with van der Waals surface area (Å²) in [7, 11) is 1.67. The van der Waals surface area contributed by atoms with Gasteiger partial charge >= 0.3 is 5.97 Å². The molecule has 0 saturated heterocycles. The number of rotatable bonds is 4. The fourth-order valence-electron chi connectivity index (χ4n) is 2.70. The van der Waals surface area contributed by atoms with E-state index in [1.807, 2.05) is 51.3 Å². The highest BCUT2D eigenvalue weighted by Crippen LogP contribution is 2.29. The number of esters is 1. The van der Waals surface area contributed by atoms with Gasteiger partial charge in [0.15, 0.2) is 0 Å². The Morgan fingerprint density at radius 1 is 1.41 bits per heavy atom. The molecule has 0 N–H and O–H groups in total. The summed E-state index contributed by atoms with van der Waals surface area (Å²) in [6, 6.07) is 3.82. The normalized spacial score (nSPS) is 13.4. The van der Waals surface area contributed by atoms with E-state index in [-0.39, 0.29) is 12.0 Å². The largest absolute Gasteiger partial charge is 0.456 e. The Labute approximate surface area is 131 Å². The van der Waals surface area contributed by atoms with Gasteiger partial charge in [0.2, 0.25) is 0 Å². The van der Waals surface area contributed by atoms with Crippen molar-refractivity contribution in [1.82, 2.24) is 9.55 Å². The van der Waals surface area contributed by atoms with Crippen LogP contribution in [-0.4, -0.2) is 34.8 Å². The number of nitrogens with zero attached hydrogens (tertiary/aromatic N) is 2. The molecule has 2 rings (SSSR count). The minimum atomic E-state index is -0.529. The predicted molar refractivity (Wildman–Crippen MR) is 86.2 cm³/mol. The van der Waals surface area contributed by atoms with Crippen molar-refractivity contribution < 1.29 is 14.3 Å². The van der Waals surface area contributed by atoms with E-state index in [9.17, 15) is 4.79 Å². The Balaban J connectivity index is 2.60. The molecule has 0 fully saturated rings. The van der Waals surface area contributed by atoms with Crippen molar-refractivity contribution in [3.8, 4) is 0 Å².